The Morgan fingerprint density at radius 1 is 1.17 bits per heavy atom. The minimum absolute atomic E-state index is 0.215. The van der Waals surface area contributed by atoms with Gasteiger partial charge in [0.2, 0.25) is 0 Å². The Balaban J connectivity index is 1.88. The monoisotopic (exact) mass is 303 g/mol. The molecule has 3 rings (SSSR count). The summed E-state index contributed by atoms with van der Waals surface area (Å²) in [6.45, 7) is 2.76. The molecule has 0 fully saturated rings. The van der Waals surface area contributed by atoms with Crippen LogP contribution in [0.25, 0.3) is 0 Å². The largest absolute Gasteiger partial charge is 0.489 e. The van der Waals surface area contributed by atoms with E-state index in [1.54, 1.807) is 0 Å². The molecule has 1 atom stereocenters. The first-order valence-corrected chi connectivity index (χ1v) is 6.77. The van der Waals surface area contributed by atoms with E-state index in [-0.39, 0.29) is 6.04 Å². The molecule has 1 unspecified atom stereocenters. The average Bonchev–Trinajstić information content (AvgIpc) is 2.38. The Hall–Kier alpha value is -1.48. The molecule has 0 amide bonds. The van der Waals surface area contributed by atoms with E-state index >= 15 is 0 Å². The minimum Gasteiger partial charge on any atom is -0.489 e. The van der Waals surface area contributed by atoms with Crippen molar-refractivity contribution in [1.29, 1.82) is 0 Å². The van der Waals surface area contributed by atoms with Crippen molar-refractivity contribution in [2.75, 3.05) is 11.9 Å². The van der Waals surface area contributed by atoms with Crippen LogP contribution in [0.15, 0.2) is 46.9 Å². The van der Waals surface area contributed by atoms with E-state index < -0.39 is 0 Å². The smallest absolute Gasteiger partial charge is 0.142 e. The summed E-state index contributed by atoms with van der Waals surface area (Å²) in [5.74, 6) is 0.918. The first-order valence-electron chi connectivity index (χ1n) is 5.98. The Bertz CT molecular complexity index is 565. The van der Waals surface area contributed by atoms with Crippen molar-refractivity contribution in [1.82, 2.24) is 0 Å². The molecule has 0 aliphatic carbocycles. The minimum atomic E-state index is 0.215. The molecule has 0 radical (unpaired) electrons. The van der Waals surface area contributed by atoms with Crippen molar-refractivity contribution >= 4 is 21.6 Å². The molecule has 1 N–H and O–H groups in total. The van der Waals surface area contributed by atoms with E-state index in [9.17, 15) is 0 Å². The van der Waals surface area contributed by atoms with Gasteiger partial charge < -0.3 is 10.1 Å². The molecule has 2 aromatic carbocycles. The molecule has 0 spiro atoms. The maximum Gasteiger partial charge on any atom is 0.142 e. The predicted molar refractivity (Wildman–Crippen MR) is 77.2 cm³/mol. The molecule has 1 aliphatic rings. The van der Waals surface area contributed by atoms with Crippen molar-refractivity contribution in [2.24, 2.45) is 0 Å². The molecule has 0 bridgehead atoms. The van der Waals surface area contributed by atoms with Gasteiger partial charge >= 0.3 is 0 Å². The van der Waals surface area contributed by atoms with E-state index in [1.807, 2.05) is 12.1 Å². The third-order valence-corrected chi connectivity index (χ3v) is 3.65. The van der Waals surface area contributed by atoms with Crippen LogP contribution < -0.4 is 10.1 Å². The maximum atomic E-state index is 5.79. The number of ether oxygens (including phenoxy) is 1. The zero-order chi connectivity index (χ0) is 12.5. The van der Waals surface area contributed by atoms with E-state index in [0.717, 1.165) is 15.9 Å². The molecule has 1 aliphatic heterocycles. The summed E-state index contributed by atoms with van der Waals surface area (Å²) in [7, 11) is 0. The van der Waals surface area contributed by atoms with Gasteiger partial charge in [-0.1, -0.05) is 45.8 Å². The number of benzene rings is 2. The van der Waals surface area contributed by atoms with Crippen LogP contribution in [-0.2, 0) is 0 Å². The number of hydrogen-bond donors (Lipinski definition) is 1. The molecule has 1 heterocycles. The van der Waals surface area contributed by atoms with Crippen LogP contribution in [0.5, 0.6) is 5.75 Å². The second-order valence-electron chi connectivity index (χ2n) is 4.56. The van der Waals surface area contributed by atoms with Gasteiger partial charge in [0.05, 0.1) is 11.7 Å². The van der Waals surface area contributed by atoms with Crippen molar-refractivity contribution in [3.8, 4) is 5.75 Å². The molecule has 2 nitrogen and oxygen atoms in total. The summed E-state index contributed by atoms with van der Waals surface area (Å²) in [6, 6.07) is 14.8. The van der Waals surface area contributed by atoms with Crippen LogP contribution in [0.2, 0.25) is 0 Å². The highest BCUT2D eigenvalue weighted by Crippen LogP contribution is 2.35. The maximum absolute atomic E-state index is 5.79. The van der Waals surface area contributed by atoms with Crippen LogP contribution in [0, 0.1) is 6.92 Å². The number of halogens is 1. The zero-order valence-corrected chi connectivity index (χ0v) is 11.7. The molecule has 2 aromatic rings. The lowest BCUT2D eigenvalue weighted by atomic mass is 10.0. The Labute approximate surface area is 115 Å². The zero-order valence-electron chi connectivity index (χ0n) is 10.1. The summed E-state index contributed by atoms with van der Waals surface area (Å²) >= 11 is 3.48. The summed E-state index contributed by atoms with van der Waals surface area (Å²) in [5, 5.41) is 3.52. The Kier molecular flexibility index (Phi) is 3.00. The van der Waals surface area contributed by atoms with Crippen molar-refractivity contribution < 1.29 is 4.74 Å². The highest BCUT2D eigenvalue weighted by molar-refractivity contribution is 9.10. The van der Waals surface area contributed by atoms with Gasteiger partial charge in [-0.2, -0.15) is 0 Å². The second-order valence-corrected chi connectivity index (χ2v) is 5.47. The normalized spacial score (nSPS) is 17.6. The Morgan fingerprint density at radius 3 is 2.72 bits per heavy atom. The lowest BCUT2D eigenvalue weighted by Crippen LogP contribution is -2.23. The summed E-state index contributed by atoms with van der Waals surface area (Å²) in [6.07, 6.45) is 0. The highest BCUT2D eigenvalue weighted by Gasteiger charge is 2.20. The van der Waals surface area contributed by atoms with E-state index in [0.29, 0.717) is 6.61 Å². The SMILES string of the molecule is Cc1ccc(C2COc3ccc(Br)cc3N2)cc1. The van der Waals surface area contributed by atoms with Gasteiger partial charge in [0.15, 0.2) is 0 Å². The average molecular weight is 304 g/mol. The molecule has 0 saturated heterocycles. The van der Waals surface area contributed by atoms with Crippen molar-refractivity contribution in [3.63, 3.8) is 0 Å². The lowest BCUT2D eigenvalue weighted by Gasteiger charge is -2.28. The molecule has 18 heavy (non-hydrogen) atoms. The van der Waals surface area contributed by atoms with Gasteiger partial charge in [-0.15, -0.1) is 0 Å². The first-order chi connectivity index (χ1) is 8.72. The molecular formula is C15H14BrNO. The molecule has 0 aromatic heterocycles. The molecule has 3 heteroatoms. The number of rotatable bonds is 1. The van der Waals surface area contributed by atoms with Gasteiger partial charge in [0.1, 0.15) is 12.4 Å². The van der Waals surface area contributed by atoms with Gasteiger partial charge in [-0.25, -0.2) is 0 Å². The van der Waals surface area contributed by atoms with Gasteiger partial charge in [0, 0.05) is 4.47 Å². The first kappa shape index (κ1) is 11.6. The van der Waals surface area contributed by atoms with Gasteiger partial charge in [-0.05, 0) is 30.7 Å². The van der Waals surface area contributed by atoms with Crippen LogP contribution in [0.4, 0.5) is 5.69 Å². The fourth-order valence-electron chi connectivity index (χ4n) is 2.12. The standard InChI is InChI=1S/C15H14BrNO/c1-10-2-4-11(5-3-10)14-9-18-15-7-6-12(16)8-13(15)17-14/h2-8,14,17H,9H2,1H3. The second kappa shape index (κ2) is 4.65. The summed E-state index contributed by atoms with van der Waals surface area (Å²) < 4.78 is 6.85. The number of fused-ring (bicyclic) bond motifs is 1. The fraction of sp³-hybridized carbons (Fsp3) is 0.200. The molecular weight excluding hydrogens is 290 g/mol. The van der Waals surface area contributed by atoms with Crippen molar-refractivity contribution in [3.05, 3.63) is 58.1 Å². The Morgan fingerprint density at radius 2 is 1.94 bits per heavy atom. The third kappa shape index (κ3) is 2.23. The highest BCUT2D eigenvalue weighted by atomic mass is 79.9. The van der Waals surface area contributed by atoms with Crippen LogP contribution >= 0.6 is 15.9 Å². The predicted octanol–water partition coefficient (Wildman–Crippen LogP) is 4.30. The molecule has 0 saturated carbocycles. The number of nitrogens with one attached hydrogen (secondary N) is 1. The summed E-state index contributed by atoms with van der Waals surface area (Å²) in [5.41, 5.74) is 3.58. The van der Waals surface area contributed by atoms with E-state index in [4.69, 9.17) is 4.74 Å². The topological polar surface area (TPSA) is 21.3 Å². The van der Waals surface area contributed by atoms with E-state index in [2.05, 4.69) is 58.5 Å². The van der Waals surface area contributed by atoms with Crippen molar-refractivity contribution in [2.45, 2.75) is 13.0 Å². The van der Waals surface area contributed by atoms with Crippen LogP contribution in [-0.4, -0.2) is 6.61 Å². The van der Waals surface area contributed by atoms with E-state index in [1.165, 1.54) is 11.1 Å². The van der Waals surface area contributed by atoms with Crippen LogP contribution in [0.1, 0.15) is 17.2 Å². The summed E-state index contributed by atoms with van der Waals surface area (Å²) in [4.78, 5) is 0. The third-order valence-electron chi connectivity index (χ3n) is 3.16. The van der Waals surface area contributed by atoms with Gasteiger partial charge in [0.25, 0.3) is 0 Å². The fourth-order valence-corrected chi connectivity index (χ4v) is 2.48. The molecule has 92 valence electrons. The number of hydrogen-bond acceptors (Lipinski definition) is 2. The quantitative estimate of drug-likeness (QED) is 0.848. The number of aryl methyl sites for hydroxylation is 1. The van der Waals surface area contributed by atoms with Gasteiger partial charge in [-0.3, -0.25) is 0 Å². The number of anilines is 1. The van der Waals surface area contributed by atoms with Crippen LogP contribution in [0.3, 0.4) is 0 Å². The lowest BCUT2D eigenvalue weighted by molar-refractivity contribution is 0.286.